The summed E-state index contributed by atoms with van der Waals surface area (Å²) < 4.78 is 0. The van der Waals surface area contributed by atoms with Crippen LogP contribution < -0.4 is 0 Å². The quantitative estimate of drug-likeness (QED) is 0.631. The fourth-order valence-corrected chi connectivity index (χ4v) is 2.42. The number of likely N-dealkylation sites (tertiary alicyclic amines) is 1. The van der Waals surface area contributed by atoms with Crippen molar-refractivity contribution in [1.29, 1.82) is 0 Å². The second-order valence-electron chi connectivity index (χ2n) is 4.62. The Morgan fingerprint density at radius 1 is 1.43 bits per heavy atom. The van der Waals surface area contributed by atoms with Crippen LogP contribution in [0.4, 0.5) is 5.69 Å². The Labute approximate surface area is 123 Å². The van der Waals surface area contributed by atoms with E-state index >= 15 is 0 Å². The van der Waals surface area contributed by atoms with Gasteiger partial charge in [0.05, 0.1) is 21.6 Å². The number of benzene rings is 1. The number of carbonyl (C=O) groups excluding carboxylic acids is 1. The minimum atomic E-state index is -1.25. The Hall–Kier alpha value is -2.19. The molecule has 1 heterocycles. The number of carboxylic acid groups (broad SMARTS) is 1. The van der Waals surface area contributed by atoms with Crippen molar-refractivity contribution in [2.24, 2.45) is 0 Å². The molecular weight excluding hydrogens is 304 g/mol. The minimum absolute atomic E-state index is 0.0175. The van der Waals surface area contributed by atoms with Crippen molar-refractivity contribution in [3.63, 3.8) is 0 Å². The number of carbonyl (C=O) groups is 2. The van der Waals surface area contributed by atoms with Gasteiger partial charge in [0, 0.05) is 25.1 Å². The number of rotatable bonds is 3. The van der Waals surface area contributed by atoms with E-state index in [0.29, 0.717) is 0 Å². The highest BCUT2D eigenvalue weighted by Gasteiger charge is 2.40. The number of amides is 1. The molecule has 2 rings (SSSR count). The van der Waals surface area contributed by atoms with Gasteiger partial charge in [-0.1, -0.05) is 11.6 Å². The summed E-state index contributed by atoms with van der Waals surface area (Å²) in [5.74, 6) is -2.01. The predicted molar refractivity (Wildman–Crippen MR) is 71.2 cm³/mol. The molecule has 1 fully saturated rings. The summed E-state index contributed by atoms with van der Waals surface area (Å²) in [7, 11) is 0. The average molecular weight is 315 g/mol. The lowest BCUT2D eigenvalue weighted by Gasteiger charge is -2.21. The summed E-state index contributed by atoms with van der Waals surface area (Å²) in [5.41, 5.74) is -0.486. The normalized spacial score (nSPS) is 21.3. The smallest absolute Gasteiger partial charge is 0.326 e. The number of non-ortho nitro benzene ring substituents is 1. The number of halogens is 1. The van der Waals surface area contributed by atoms with Gasteiger partial charge in [-0.25, -0.2) is 4.79 Å². The molecule has 0 aromatic heterocycles. The standard InChI is InChI=1S/C12H11ClN2O6/c13-9-2-1-6(15(20)21)3-8(9)11(17)14-5-7(16)4-10(14)12(18)19/h1-3,7,10,16H,4-5H2,(H,18,19). The molecule has 8 nitrogen and oxygen atoms in total. The van der Waals surface area contributed by atoms with Crippen molar-refractivity contribution in [2.45, 2.75) is 18.6 Å². The molecule has 0 bridgehead atoms. The number of nitro benzene ring substituents is 1. The molecule has 1 aromatic carbocycles. The van der Waals surface area contributed by atoms with Gasteiger partial charge in [-0.2, -0.15) is 0 Å². The molecule has 2 N–H and O–H groups in total. The highest BCUT2D eigenvalue weighted by molar-refractivity contribution is 6.34. The summed E-state index contributed by atoms with van der Waals surface area (Å²) >= 11 is 5.86. The average Bonchev–Trinajstić information content (AvgIpc) is 2.80. The van der Waals surface area contributed by atoms with E-state index in [0.717, 1.165) is 17.0 Å². The van der Waals surface area contributed by atoms with Gasteiger partial charge >= 0.3 is 5.97 Å². The van der Waals surface area contributed by atoms with Crippen molar-refractivity contribution < 1.29 is 24.7 Å². The van der Waals surface area contributed by atoms with Crippen molar-refractivity contribution in [3.8, 4) is 0 Å². The van der Waals surface area contributed by atoms with Crippen LogP contribution in [0.5, 0.6) is 0 Å². The highest BCUT2D eigenvalue weighted by Crippen LogP contribution is 2.27. The van der Waals surface area contributed by atoms with E-state index in [1.807, 2.05) is 0 Å². The van der Waals surface area contributed by atoms with Gasteiger partial charge < -0.3 is 15.1 Å². The number of nitrogens with zero attached hydrogens (tertiary/aromatic N) is 2. The third-order valence-electron chi connectivity index (χ3n) is 3.22. The lowest BCUT2D eigenvalue weighted by molar-refractivity contribution is -0.384. The van der Waals surface area contributed by atoms with Gasteiger partial charge in [0.15, 0.2) is 0 Å². The largest absolute Gasteiger partial charge is 0.480 e. The maximum absolute atomic E-state index is 12.3. The van der Waals surface area contributed by atoms with E-state index < -0.39 is 28.9 Å². The number of β-amino-alcohol motifs (C(OH)–C–C–N with tert-alkyl or cyclic N) is 1. The summed E-state index contributed by atoms with van der Waals surface area (Å²) in [6, 6.07) is 2.17. The SMILES string of the molecule is O=C(O)C1CC(O)CN1C(=O)c1cc([N+](=O)[O-])ccc1Cl. The molecule has 0 radical (unpaired) electrons. The van der Waals surface area contributed by atoms with Crippen LogP contribution in [-0.2, 0) is 4.79 Å². The molecule has 2 atom stereocenters. The van der Waals surface area contributed by atoms with Gasteiger partial charge in [0.2, 0.25) is 0 Å². The summed E-state index contributed by atoms with van der Waals surface area (Å²) in [4.78, 5) is 34.5. The zero-order valence-corrected chi connectivity index (χ0v) is 11.4. The Kier molecular flexibility index (Phi) is 4.10. The van der Waals surface area contributed by atoms with E-state index in [1.54, 1.807) is 0 Å². The number of hydrogen-bond acceptors (Lipinski definition) is 5. The van der Waals surface area contributed by atoms with Crippen LogP contribution in [0.3, 0.4) is 0 Å². The second kappa shape index (κ2) is 5.66. The highest BCUT2D eigenvalue weighted by atomic mass is 35.5. The minimum Gasteiger partial charge on any atom is -0.480 e. The van der Waals surface area contributed by atoms with Crippen LogP contribution in [0.2, 0.25) is 5.02 Å². The second-order valence-corrected chi connectivity index (χ2v) is 5.03. The van der Waals surface area contributed by atoms with Crippen LogP contribution in [-0.4, -0.2) is 50.6 Å². The fraction of sp³-hybridized carbons (Fsp3) is 0.333. The first-order chi connectivity index (χ1) is 9.81. The molecule has 2 unspecified atom stereocenters. The predicted octanol–water partition coefficient (Wildman–Crippen LogP) is 0.908. The topological polar surface area (TPSA) is 121 Å². The number of aliphatic hydroxyl groups is 1. The van der Waals surface area contributed by atoms with Gasteiger partial charge in [0.25, 0.3) is 11.6 Å². The van der Waals surface area contributed by atoms with Gasteiger partial charge in [-0.3, -0.25) is 14.9 Å². The Bertz CT molecular complexity index is 620. The van der Waals surface area contributed by atoms with Crippen molar-refractivity contribution in [1.82, 2.24) is 4.90 Å². The van der Waals surface area contributed by atoms with Crippen LogP contribution in [0.15, 0.2) is 18.2 Å². The van der Waals surface area contributed by atoms with Crippen LogP contribution in [0.25, 0.3) is 0 Å². The Morgan fingerprint density at radius 3 is 2.67 bits per heavy atom. The molecule has 1 amide bonds. The van der Waals surface area contributed by atoms with E-state index in [1.165, 1.54) is 6.07 Å². The number of aliphatic carboxylic acids is 1. The van der Waals surface area contributed by atoms with Crippen LogP contribution in [0.1, 0.15) is 16.8 Å². The zero-order valence-electron chi connectivity index (χ0n) is 10.6. The van der Waals surface area contributed by atoms with Crippen LogP contribution in [0, 0.1) is 10.1 Å². The molecule has 0 aliphatic carbocycles. The summed E-state index contributed by atoms with van der Waals surface area (Å²) in [6.45, 7) is -0.158. The molecule has 1 aliphatic heterocycles. The molecule has 21 heavy (non-hydrogen) atoms. The molecule has 9 heteroatoms. The molecule has 112 valence electrons. The third-order valence-corrected chi connectivity index (χ3v) is 3.55. The Balaban J connectivity index is 2.37. The van der Waals surface area contributed by atoms with E-state index in [-0.39, 0.29) is 29.2 Å². The van der Waals surface area contributed by atoms with Crippen molar-refractivity contribution in [3.05, 3.63) is 38.9 Å². The Morgan fingerprint density at radius 2 is 2.10 bits per heavy atom. The fourth-order valence-electron chi connectivity index (χ4n) is 2.22. The number of aliphatic hydroxyl groups excluding tert-OH is 1. The summed E-state index contributed by atoms with van der Waals surface area (Å²) in [5, 5.41) is 29.3. The first-order valence-corrected chi connectivity index (χ1v) is 6.35. The van der Waals surface area contributed by atoms with Crippen molar-refractivity contribution >= 4 is 29.2 Å². The first-order valence-electron chi connectivity index (χ1n) is 5.97. The van der Waals surface area contributed by atoms with Gasteiger partial charge in [-0.15, -0.1) is 0 Å². The molecule has 0 saturated carbocycles. The number of carboxylic acids is 1. The van der Waals surface area contributed by atoms with E-state index in [9.17, 15) is 24.8 Å². The van der Waals surface area contributed by atoms with Crippen molar-refractivity contribution in [2.75, 3.05) is 6.54 Å². The summed E-state index contributed by atoms with van der Waals surface area (Å²) in [6.07, 6.45) is -1.04. The van der Waals surface area contributed by atoms with E-state index in [2.05, 4.69) is 0 Å². The van der Waals surface area contributed by atoms with Gasteiger partial charge in [-0.05, 0) is 6.07 Å². The molecular formula is C12H11ClN2O6. The first kappa shape index (κ1) is 15.2. The number of hydrogen-bond donors (Lipinski definition) is 2. The lowest BCUT2D eigenvalue weighted by Crippen LogP contribution is -2.40. The maximum atomic E-state index is 12.3. The molecule has 0 spiro atoms. The molecule has 1 aliphatic rings. The number of nitro groups is 1. The third kappa shape index (κ3) is 2.96. The van der Waals surface area contributed by atoms with E-state index in [4.69, 9.17) is 16.7 Å². The lowest BCUT2D eigenvalue weighted by atomic mass is 10.1. The molecule has 1 aromatic rings. The molecule has 1 saturated heterocycles. The maximum Gasteiger partial charge on any atom is 0.326 e. The monoisotopic (exact) mass is 314 g/mol. The van der Waals surface area contributed by atoms with Gasteiger partial charge in [0.1, 0.15) is 6.04 Å². The zero-order chi connectivity index (χ0) is 15.7. The van der Waals surface area contributed by atoms with Crippen LogP contribution >= 0.6 is 11.6 Å².